The number of likely N-dealkylation sites (tertiary alicyclic amines) is 1. The monoisotopic (exact) mass is 327 g/mol. The Hall–Kier alpha value is -1.88. The fraction of sp³-hybridized carbons (Fsp3) is 0.579. The first-order chi connectivity index (χ1) is 11.4. The highest BCUT2D eigenvalue weighted by Crippen LogP contribution is 2.29. The number of nitrogens with zero attached hydrogens (tertiary/aromatic N) is 5. The van der Waals surface area contributed by atoms with Gasteiger partial charge < -0.3 is 4.90 Å². The van der Waals surface area contributed by atoms with Gasteiger partial charge in [-0.1, -0.05) is 0 Å². The van der Waals surface area contributed by atoms with Gasteiger partial charge >= 0.3 is 0 Å². The van der Waals surface area contributed by atoms with Gasteiger partial charge in [-0.05, 0) is 51.9 Å². The van der Waals surface area contributed by atoms with Crippen molar-refractivity contribution in [3.8, 4) is 0 Å². The number of aromatic nitrogens is 3. The minimum Gasteiger partial charge on any atom is -0.378 e. The molecular formula is C19H29N5. The van der Waals surface area contributed by atoms with Crippen molar-refractivity contribution in [1.82, 2.24) is 19.7 Å². The topological polar surface area (TPSA) is 37.2 Å². The number of aryl methyl sites for hydroxylation is 1. The Labute approximate surface area is 145 Å². The van der Waals surface area contributed by atoms with E-state index in [1.165, 1.54) is 23.5 Å². The van der Waals surface area contributed by atoms with Crippen molar-refractivity contribution in [3.63, 3.8) is 0 Å². The van der Waals surface area contributed by atoms with Crippen LogP contribution in [0.3, 0.4) is 0 Å². The molecule has 1 atom stereocenters. The summed E-state index contributed by atoms with van der Waals surface area (Å²) in [5.41, 5.74) is 4.89. The maximum atomic E-state index is 4.80. The molecule has 2 aromatic rings. The van der Waals surface area contributed by atoms with Crippen molar-refractivity contribution >= 4 is 5.69 Å². The molecule has 1 aliphatic rings. The standard InChI is InChI=1S/C19H29N5/c1-14(2)24-17(6-8-20-24)13-23-9-7-16(12-23)19-11-18(22(4)5)10-15(3)21-19/h6,8,10-11,14,16H,7,9,12-13H2,1-5H3. The molecule has 1 fully saturated rings. The molecule has 5 heteroatoms. The lowest BCUT2D eigenvalue weighted by molar-refractivity contribution is 0.309. The molecule has 3 heterocycles. The highest BCUT2D eigenvalue weighted by Gasteiger charge is 2.26. The van der Waals surface area contributed by atoms with Gasteiger partial charge in [0.25, 0.3) is 0 Å². The molecule has 0 aliphatic carbocycles. The van der Waals surface area contributed by atoms with Gasteiger partial charge in [0.1, 0.15) is 0 Å². The molecule has 0 spiro atoms. The maximum absolute atomic E-state index is 4.80. The number of rotatable bonds is 5. The fourth-order valence-electron chi connectivity index (χ4n) is 3.52. The molecule has 2 aromatic heterocycles. The summed E-state index contributed by atoms with van der Waals surface area (Å²) in [5, 5.41) is 4.45. The van der Waals surface area contributed by atoms with E-state index >= 15 is 0 Å². The Bertz CT molecular complexity index is 689. The van der Waals surface area contributed by atoms with E-state index in [0.717, 1.165) is 25.3 Å². The van der Waals surface area contributed by atoms with Crippen molar-refractivity contribution in [2.75, 3.05) is 32.1 Å². The van der Waals surface area contributed by atoms with E-state index in [0.29, 0.717) is 12.0 Å². The van der Waals surface area contributed by atoms with Crippen LogP contribution in [-0.4, -0.2) is 46.8 Å². The second kappa shape index (κ2) is 6.93. The van der Waals surface area contributed by atoms with Crippen LogP contribution in [0.4, 0.5) is 5.69 Å². The van der Waals surface area contributed by atoms with E-state index in [1.54, 1.807) is 0 Å². The number of pyridine rings is 1. The van der Waals surface area contributed by atoms with Crippen molar-refractivity contribution in [2.24, 2.45) is 0 Å². The molecule has 0 aromatic carbocycles. The molecule has 0 saturated carbocycles. The van der Waals surface area contributed by atoms with Gasteiger partial charge in [-0.25, -0.2) is 0 Å². The molecule has 1 saturated heterocycles. The number of hydrogen-bond acceptors (Lipinski definition) is 4. The lowest BCUT2D eigenvalue weighted by Crippen LogP contribution is -2.22. The highest BCUT2D eigenvalue weighted by atomic mass is 15.3. The summed E-state index contributed by atoms with van der Waals surface area (Å²) >= 11 is 0. The van der Waals surface area contributed by atoms with Crippen LogP contribution < -0.4 is 4.90 Å². The van der Waals surface area contributed by atoms with Crippen molar-refractivity contribution in [1.29, 1.82) is 0 Å². The zero-order valence-electron chi connectivity index (χ0n) is 15.5. The van der Waals surface area contributed by atoms with E-state index in [-0.39, 0.29) is 0 Å². The third-order valence-corrected chi connectivity index (χ3v) is 4.79. The molecule has 0 N–H and O–H groups in total. The van der Waals surface area contributed by atoms with Crippen LogP contribution in [0.5, 0.6) is 0 Å². The van der Waals surface area contributed by atoms with Crippen LogP contribution in [0.25, 0.3) is 0 Å². The summed E-state index contributed by atoms with van der Waals surface area (Å²) < 4.78 is 2.13. The van der Waals surface area contributed by atoms with Crippen LogP contribution >= 0.6 is 0 Å². The smallest absolute Gasteiger partial charge is 0.0527 e. The van der Waals surface area contributed by atoms with Crippen LogP contribution in [0, 0.1) is 6.92 Å². The largest absolute Gasteiger partial charge is 0.378 e. The van der Waals surface area contributed by atoms with E-state index < -0.39 is 0 Å². The first kappa shape index (κ1) is 17.0. The molecule has 3 rings (SSSR count). The van der Waals surface area contributed by atoms with Gasteiger partial charge in [0, 0.05) is 62.4 Å². The first-order valence-corrected chi connectivity index (χ1v) is 8.84. The number of hydrogen-bond donors (Lipinski definition) is 0. The Morgan fingerprint density at radius 1 is 1.29 bits per heavy atom. The summed E-state index contributed by atoms with van der Waals surface area (Å²) in [4.78, 5) is 9.49. The fourth-order valence-corrected chi connectivity index (χ4v) is 3.52. The average Bonchev–Trinajstić information content (AvgIpc) is 3.16. The zero-order chi connectivity index (χ0) is 17.3. The minimum absolute atomic E-state index is 0.412. The van der Waals surface area contributed by atoms with E-state index in [4.69, 9.17) is 4.98 Å². The highest BCUT2D eigenvalue weighted by molar-refractivity contribution is 5.47. The minimum atomic E-state index is 0.412. The van der Waals surface area contributed by atoms with Crippen LogP contribution in [0.15, 0.2) is 24.4 Å². The van der Waals surface area contributed by atoms with E-state index in [9.17, 15) is 0 Å². The normalized spacial score (nSPS) is 18.5. The molecule has 0 amide bonds. The van der Waals surface area contributed by atoms with Crippen LogP contribution in [0.2, 0.25) is 0 Å². The van der Waals surface area contributed by atoms with Gasteiger partial charge in [-0.2, -0.15) is 5.10 Å². The van der Waals surface area contributed by atoms with Gasteiger partial charge in [0.2, 0.25) is 0 Å². The lowest BCUT2D eigenvalue weighted by Gasteiger charge is -2.19. The van der Waals surface area contributed by atoms with Crippen molar-refractivity contribution in [2.45, 2.75) is 45.7 Å². The lowest BCUT2D eigenvalue weighted by atomic mass is 10.0. The molecular weight excluding hydrogens is 298 g/mol. The molecule has 1 unspecified atom stereocenters. The van der Waals surface area contributed by atoms with E-state index in [2.05, 4.69) is 72.6 Å². The molecule has 1 aliphatic heterocycles. The summed E-state index contributed by atoms with van der Waals surface area (Å²) in [6.45, 7) is 9.63. The summed E-state index contributed by atoms with van der Waals surface area (Å²) in [6.07, 6.45) is 3.09. The second-order valence-corrected chi connectivity index (χ2v) is 7.37. The Kier molecular flexibility index (Phi) is 4.90. The number of anilines is 1. The second-order valence-electron chi connectivity index (χ2n) is 7.37. The molecule has 0 bridgehead atoms. The van der Waals surface area contributed by atoms with Crippen molar-refractivity contribution in [3.05, 3.63) is 41.5 Å². The Morgan fingerprint density at radius 2 is 2.08 bits per heavy atom. The Balaban J connectivity index is 1.70. The molecule has 0 radical (unpaired) electrons. The summed E-state index contributed by atoms with van der Waals surface area (Å²) in [5.74, 6) is 0.527. The summed E-state index contributed by atoms with van der Waals surface area (Å²) in [6, 6.07) is 6.95. The summed E-state index contributed by atoms with van der Waals surface area (Å²) in [7, 11) is 4.18. The quantitative estimate of drug-likeness (QED) is 0.845. The van der Waals surface area contributed by atoms with Crippen molar-refractivity contribution < 1.29 is 0 Å². The predicted octanol–water partition coefficient (Wildman–Crippen LogP) is 3.22. The van der Waals surface area contributed by atoms with Gasteiger partial charge in [0.15, 0.2) is 0 Å². The van der Waals surface area contributed by atoms with Gasteiger partial charge in [0.05, 0.1) is 5.69 Å². The van der Waals surface area contributed by atoms with Crippen LogP contribution in [-0.2, 0) is 6.54 Å². The van der Waals surface area contributed by atoms with E-state index in [1.807, 2.05) is 6.20 Å². The third kappa shape index (κ3) is 3.61. The third-order valence-electron chi connectivity index (χ3n) is 4.79. The first-order valence-electron chi connectivity index (χ1n) is 8.84. The predicted molar refractivity (Wildman–Crippen MR) is 98.5 cm³/mol. The van der Waals surface area contributed by atoms with Gasteiger partial charge in [-0.3, -0.25) is 14.6 Å². The molecule has 130 valence electrons. The zero-order valence-corrected chi connectivity index (χ0v) is 15.5. The maximum Gasteiger partial charge on any atom is 0.0527 e. The SMILES string of the molecule is Cc1cc(N(C)C)cc(C2CCN(Cc3ccnn3C(C)C)C2)n1. The average molecular weight is 327 g/mol. The van der Waals surface area contributed by atoms with Gasteiger partial charge in [-0.15, -0.1) is 0 Å². The Morgan fingerprint density at radius 3 is 2.79 bits per heavy atom. The molecule has 5 nitrogen and oxygen atoms in total. The van der Waals surface area contributed by atoms with Crippen LogP contribution in [0.1, 0.15) is 49.3 Å². The molecule has 24 heavy (non-hydrogen) atoms.